The quantitative estimate of drug-likeness (QED) is 0.752. The van der Waals surface area contributed by atoms with Crippen LogP contribution in [0, 0.1) is 5.82 Å². The summed E-state index contributed by atoms with van der Waals surface area (Å²) in [6.07, 6.45) is 0.644. The van der Waals surface area contributed by atoms with Crippen molar-refractivity contribution in [2.24, 2.45) is 5.73 Å². The smallest absolute Gasteiger partial charge is 0.138 e. The minimum absolute atomic E-state index is 0.269. The van der Waals surface area contributed by atoms with Gasteiger partial charge in [0.1, 0.15) is 16.6 Å². The standard InChI is InChI=1S/C15H13ClFN3/c16-13-2-1-3-14-19-12(8-9-18)15(20(13)14)10-4-6-11(17)7-5-10/h1-7H,8-9,18H2. The SMILES string of the molecule is NCCc1nc2cccc(Cl)n2c1-c1ccc(F)cc1. The lowest BCUT2D eigenvalue weighted by molar-refractivity contribution is 0.628. The van der Waals surface area contributed by atoms with Gasteiger partial charge in [-0.2, -0.15) is 0 Å². The van der Waals surface area contributed by atoms with Gasteiger partial charge in [0, 0.05) is 12.0 Å². The highest BCUT2D eigenvalue weighted by Crippen LogP contribution is 2.28. The number of aromatic nitrogens is 2. The molecular formula is C15H13ClFN3. The van der Waals surface area contributed by atoms with Crippen molar-refractivity contribution in [3.05, 3.63) is 59.1 Å². The van der Waals surface area contributed by atoms with Crippen molar-refractivity contribution in [1.29, 1.82) is 0 Å². The van der Waals surface area contributed by atoms with Crippen molar-refractivity contribution in [2.75, 3.05) is 6.54 Å². The molecule has 0 unspecified atom stereocenters. The molecule has 0 radical (unpaired) electrons. The summed E-state index contributed by atoms with van der Waals surface area (Å²) in [5, 5.41) is 0.567. The molecule has 5 heteroatoms. The molecule has 0 bridgehead atoms. The van der Waals surface area contributed by atoms with Crippen molar-refractivity contribution < 1.29 is 4.39 Å². The Morgan fingerprint density at radius 1 is 1.15 bits per heavy atom. The first-order valence-corrected chi connectivity index (χ1v) is 6.70. The minimum atomic E-state index is -0.269. The molecule has 2 heterocycles. The van der Waals surface area contributed by atoms with E-state index >= 15 is 0 Å². The van der Waals surface area contributed by atoms with E-state index in [1.807, 2.05) is 16.5 Å². The van der Waals surface area contributed by atoms with Gasteiger partial charge in [-0.3, -0.25) is 4.40 Å². The van der Waals surface area contributed by atoms with E-state index in [4.69, 9.17) is 17.3 Å². The molecule has 0 spiro atoms. The molecule has 0 saturated heterocycles. The second kappa shape index (κ2) is 5.23. The van der Waals surface area contributed by atoms with Crippen LogP contribution in [0.5, 0.6) is 0 Å². The van der Waals surface area contributed by atoms with Crippen LogP contribution in [-0.2, 0) is 6.42 Å². The maximum Gasteiger partial charge on any atom is 0.138 e. The normalized spacial score (nSPS) is 11.2. The van der Waals surface area contributed by atoms with Gasteiger partial charge in [0.25, 0.3) is 0 Å². The second-order valence-corrected chi connectivity index (χ2v) is 4.88. The first kappa shape index (κ1) is 13.1. The lowest BCUT2D eigenvalue weighted by atomic mass is 10.1. The van der Waals surface area contributed by atoms with Crippen molar-refractivity contribution >= 4 is 17.2 Å². The van der Waals surface area contributed by atoms with E-state index in [1.54, 1.807) is 18.2 Å². The number of halogens is 2. The maximum absolute atomic E-state index is 13.1. The van der Waals surface area contributed by atoms with Crippen LogP contribution in [0.15, 0.2) is 42.5 Å². The Labute approximate surface area is 120 Å². The van der Waals surface area contributed by atoms with Crippen LogP contribution in [0.4, 0.5) is 4.39 Å². The van der Waals surface area contributed by atoms with E-state index in [9.17, 15) is 4.39 Å². The summed E-state index contributed by atoms with van der Waals surface area (Å²) in [4.78, 5) is 4.57. The molecule has 3 aromatic rings. The summed E-state index contributed by atoms with van der Waals surface area (Å²) < 4.78 is 15.0. The number of hydrogen-bond donors (Lipinski definition) is 1. The van der Waals surface area contributed by atoms with Crippen molar-refractivity contribution in [2.45, 2.75) is 6.42 Å². The van der Waals surface area contributed by atoms with Crippen LogP contribution >= 0.6 is 11.6 Å². The molecule has 102 valence electrons. The molecule has 0 atom stereocenters. The van der Waals surface area contributed by atoms with Crippen LogP contribution in [-0.4, -0.2) is 15.9 Å². The number of nitrogens with two attached hydrogens (primary N) is 1. The molecular weight excluding hydrogens is 277 g/mol. The van der Waals surface area contributed by atoms with Crippen molar-refractivity contribution in [1.82, 2.24) is 9.38 Å². The third kappa shape index (κ3) is 2.17. The first-order chi connectivity index (χ1) is 9.70. The van der Waals surface area contributed by atoms with Gasteiger partial charge in [-0.15, -0.1) is 0 Å². The molecule has 1 aromatic carbocycles. The van der Waals surface area contributed by atoms with Gasteiger partial charge in [-0.1, -0.05) is 17.7 Å². The highest BCUT2D eigenvalue weighted by atomic mass is 35.5. The van der Waals surface area contributed by atoms with Crippen LogP contribution in [0.25, 0.3) is 16.9 Å². The van der Waals surface area contributed by atoms with Gasteiger partial charge in [0.05, 0.1) is 11.4 Å². The Kier molecular flexibility index (Phi) is 3.42. The fraction of sp³-hybridized carbons (Fsp3) is 0.133. The summed E-state index contributed by atoms with van der Waals surface area (Å²) in [5.74, 6) is -0.269. The van der Waals surface area contributed by atoms with E-state index in [1.165, 1.54) is 12.1 Å². The topological polar surface area (TPSA) is 43.3 Å². The molecule has 20 heavy (non-hydrogen) atoms. The number of imidazole rings is 1. The van der Waals surface area contributed by atoms with Crippen molar-refractivity contribution in [3.63, 3.8) is 0 Å². The van der Waals surface area contributed by atoms with Crippen LogP contribution < -0.4 is 5.73 Å². The molecule has 0 saturated carbocycles. The van der Waals surface area contributed by atoms with E-state index in [0.29, 0.717) is 18.1 Å². The molecule has 3 rings (SSSR count). The Morgan fingerprint density at radius 2 is 1.90 bits per heavy atom. The first-order valence-electron chi connectivity index (χ1n) is 6.32. The predicted octanol–water partition coefficient (Wildman–Crippen LogP) is 3.30. The van der Waals surface area contributed by atoms with Gasteiger partial charge in [-0.25, -0.2) is 9.37 Å². The molecule has 0 aliphatic rings. The highest BCUT2D eigenvalue weighted by Gasteiger charge is 2.15. The van der Waals surface area contributed by atoms with Gasteiger partial charge in [-0.05, 0) is 42.9 Å². The average Bonchev–Trinajstić information content (AvgIpc) is 2.80. The van der Waals surface area contributed by atoms with Crippen LogP contribution in [0.1, 0.15) is 5.69 Å². The van der Waals surface area contributed by atoms with Gasteiger partial charge < -0.3 is 5.73 Å². The lowest BCUT2D eigenvalue weighted by Crippen LogP contribution is -2.04. The Morgan fingerprint density at radius 3 is 2.60 bits per heavy atom. The highest BCUT2D eigenvalue weighted by molar-refractivity contribution is 6.30. The number of benzene rings is 1. The van der Waals surface area contributed by atoms with Crippen molar-refractivity contribution in [3.8, 4) is 11.3 Å². The van der Waals surface area contributed by atoms with Crippen LogP contribution in [0.2, 0.25) is 5.15 Å². The summed E-state index contributed by atoms with van der Waals surface area (Å²) in [7, 11) is 0. The zero-order chi connectivity index (χ0) is 14.1. The van der Waals surface area contributed by atoms with E-state index in [0.717, 1.165) is 22.6 Å². The van der Waals surface area contributed by atoms with E-state index < -0.39 is 0 Å². The molecule has 2 aromatic heterocycles. The van der Waals surface area contributed by atoms with Gasteiger partial charge >= 0.3 is 0 Å². The molecule has 0 aliphatic carbocycles. The monoisotopic (exact) mass is 289 g/mol. The minimum Gasteiger partial charge on any atom is -0.330 e. The third-order valence-corrected chi connectivity index (χ3v) is 3.46. The molecule has 0 amide bonds. The average molecular weight is 290 g/mol. The van der Waals surface area contributed by atoms with Gasteiger partial charge in [0.2, 0.25) is 0 Å². The van der Waals surface area contributed by atoms with Crippen LogP contribution in [0.3, 0.4) is 0 Å². The second-order valence-electron chi connectivity index (χ2n) is 4.49. The summed E-state index contributed by atoms with van der Waals surface area (Å²) >= 11 is 6.27. The van der Waals surface area contributed by atoms with Gasteiger partial charge in [0.15, 0.2) is 0 Å². The maximum atomic E-state index is 13.1. The Balaban J connectivity index is 2.30. The summed E-state index contributed by atoms with van der Waals surface area (Å²) in [6.45, 7) is 0.496. The number of rotatable bonds is 3. The predicted molar refractivity (Wildman–Crippen MR) is 78.4 cm³/mol. The lowest BCUT2D eigenvalue weighted by Gasteiger charge is -2.06. The molecule has 3 nitrogen and oxygen atoms in total. The van der Waals surface area contributed by atoms with E-state index in [2.05, 4.69) is 4.98 Å². The fourth-order valence-electron chi connectivity index (χ4n) is 2.32. The number of pyridine rings is 1. The number of hydrogen-bond acceptors (Lipinski definition) is 2. The number of fused-ring (bicyclic) bond motifs is 1. The summed E-state index contributed by atoms with van der Waals surface area (Å²) in [6, 6.07) is 11.8. The zero-order valence-corrected chi connectivity index (χ0v) is 11.4. The van der Waals surface area contributed by atoms with E-state index in [-0.39, 0.29) is 5.82 Å². The Hall–Kier alpha value is -1.91. The fourth-order valence-corrected chi connectivity index (χ4v) is 2.56. The Bertz CT molecular complexity index is 750. The molecule has 0 fully saturated rings. The molecule has 0 aliphatic heterocycles. The third-order valence-electron chi connectivity index (χ3n) is 3.17. The number of nitrogens with zero attached hydrogens (tertiary/aromatic N) is 2. The zero-order valence-electron chi connectivity index (χ0n) is 10.7. The molecule has 2 N–H and O–H groups in total. The summed E-state index contributed by atoms with van der Waals surface area (Å²) in [5.41, 5.74) is 9.02. The largest absolute Gasteiger partial charge is 0.330 e.